The molecule has 13 heteroatoms. The minimum atomic E-state index is -4.46. The number of alkyl halides is 2. The van der Waals surface area contributed by atoms with Crippen LogP contribution in [-0.2, 0) is 27.1 Å². The number of piperidine rings is 1. The molecule has 2 N–H and O–H groups in total. The lowest BCUT2D eigenvalue weighted by molar-refractivity contribution is 0.0174. The number of benzene rings is 2. The van der Waals surface area contributed by atoms with Gasteiger partial charge in [0.25, 0.3) is 15.9 Å². The number of nitrogens with zero attached hydrogens (tertiary/aromatic N) is 3. The SMILES string of the molecule is C1CCOC1.CC.CCc1cccc(C(C)(F)F)c1.CNC1CCCN(c2cc(F)c(S(=O)(=O)Nc3ccncn3)c(F)c2)C1.[HH]. The number of anilines is 2. The minimum Gasteiger partial charge on any atom is -0.381 e. The van der Waals surface area contributed by atoms with Crippen molar-refractivity contribution in [3.05, 3.63) is 77.8 Å². The van der Waals surface area contributed by atoms with Crippen LogP contribution in [0.5, 0.6) is 0 Å². The van der Waals surface area contributed by atoms with Crippen molar-refractivity contribution in [2.75, 3.05) is 43.0 Å². The molecule has 0 saturated carbocycles. The third kappa shape index (κ3) is 12.2. The third-order valence-electron chi connectivity index (χ3n) is 6.94. The highest BCUT2D eigenvalue weighted by Crippen LogP contribution is 2.29. The fourth-order valence-electron chi connectivity index (χ4n) is 4.55. The number of hydrogen-bond acceptors (Lipinski definition) is 7. The van der Waals surface area contributed by atoms with Gasteiger partial charge in [-0.05, 0) is 69.0 Å². The first-order valence-electron chi connectivity index (χ1n) is 15.2. The number of sulfonamides is 1. The molecule has 1 aromatic heterocycles. The van der Waals surface area contributed by atoms with E-state index in [0.29, 0.717) is 18.8 Å². The summed E-state index contributed by atoms with van der Waals surface area (Å²) in [5.74, 6) is -5.08. The lowest BCUT2D eigenvalue weighted by Gasteiger charge is -2.34. The highest BCUT2D eigenvalue weighted by atomic mass is 32.2. The van der Waals surface area contributed by atoms with Gasteiger partial charge in [0.05, 0.1) is 0 Å². The Kier molecular flexibility index (Phi) is 15.7. The van der Waals surface area contributed by atoms with E-state index in [4.69, 9.17) is 4.74 Å². The maximum absolute atomic E-state index is 14.5. The molecule has 8 nitrogen and oxygen atoms in total. The van der Waals surface area contributed by atoms with E-state index in [1.54, 1.807) is 12.1 Å². The van der Waals surface area contributed by atoms with Crippen LogP contribution in [0.2, 0.25) is 0 Å². The predicted octanol–water partition coefficient (Wildman–Crippen LogP) is 7.17. The zero-order chi connectivity index (χ0) is 33.5. The molecule has 3 heterocycles. The lowest BCUT2D eigenvalue weighted by Crippen LogP contribution is -2.44. The van der Waals surface area contributed by atoms with Crippen molar-refractivity contribution in [1.82, 2.24) is 15.3 Å². The van der Waals surface area contributed by atoms with Gasteiger partial charge in [0, 0.05) is 58.1 Å². The van der Waals surface area contributed by atoms with E-state index in [2.05, 4.69) is 15.3 Å². The molecule has 2 aromatic carbocycles. The van der Waals surface area contributed by atoms with Gasteiger partial charge in [-0.1, -0.05) is 39.0 Å². The van der Waals surface area contributed by atoms with Crippen LogP contribution in [0.4, 0.5) is 29.1 Å². The molecule has 3 aromatic rings. The summed E-state index contributed by atoms with van der Waals surface area (Å²) in [7, 11) is -2.62. The molecule has 0 radical (unpaired) electrons. The Labute approximate surface area is 266 Å². The third-order valence-corrected chi connectivity index (χ3v) is 8.34. The number of nitrogens with one attached hydrogen (secondary N) is 2. The summed E-state index contributed by atoms with van der Waals surface area (Å²) in [6, 6.07) is 10.1. The van der Waals surface area contributed by atoms with E-state index in [9.17, 15) is 26.0 Å². The topological polar surface area (TPSA) is 96.5 Å². The van der Waals surface area contributed by atoms with Crippen LogP contribution >= 0.6 is 0 Å². The summed E-state index contributed by atoms with van der Waals surface area (Å²) in [6.45, 7) is 10.1. The smallest absolute Gasteiger partial charge is 0.270 e. The average molecular weight is 658 g/mol. The summed E-state index contributed by atoms with van der Waals surface area (Å²) in [5, 5.41) is 3.15. The van der Waals surface area contributed by atoms with Gasteiger partial charge >= 0.3 is 0 Å². The fraction of sp³-hybridized carbons (Fsp3) is 0.500. The highest BCUT2D eigenvalue weighted by Gasteiger charge is 2.28. The van der Waals surface area contributed by atoms with Gasteiger partial charge in [0.2, 0.25) is 0 Å². The number of aryl methyl sites for hydroxylation is 1. The molecule has 2 fully saturated rings. The Morgan fingerprint density at radius 2 is 1.73 bits per heavy atom. The van der Waals surface area contributed by atoms with Crippen LogP contribution in [0.3, 0.4) is 0 Å². The number of rotatable bonds is 7. The monoisotopic (exact) mass is 657 g/mol. The Bertz CT molecular complexity index is 1380. The predicted molar refractivity (Wildman–Crippen MR) is 172 cm³/mol. The van der Waals surface area contributed by atoms with Crippen molar-refractivity contribution < 1.29 is 32.1 Å². The molecular formula is C32H47F4N5O3S. The average Bonchev–Trinajstić information content (AvgIpc) is 3.62. The van der Waals surface area contributed by atoms with Gasteiger partial charge in [0.1, 0.15) is 23.8 Å². The molecule has 0 spiro atoms. The van der Waals surface area contributed by atoms with Gasteiger partial charge in [-0.25, -0.2) is 35.9 Å². The summed E-state index contributed by atoms with van der Waals surface area (Å²) >= 11 is 0. The van der Waals surface area contributed by atoms with E-state index >= 15 is 0 Å². The second kappa shape index (κ2) is 18.6. The molecule has 1 unspecified atom stereocenters. The van der Waals surface area contributed by atoms with Crippen molar-refractivity contribution in [3.8, 4) is 0 Å². The van der Waals surface area contributed by atoms with Crippen LogP contribution in [0.15, 0.2) is 59.9 Å². The highest BCUT2D eigenvalue weighted by molar-refractivity contribution is 7.92. The normalized spacial score (nSPS) is 16.3. The molecule has 5 rings (SSSR count). The van der Waals surface area contributed by atoms with Crippen molar-refractivity contribution in [3.63, 3.8) is 0 Å². The van der Waals surface area contributed by atoms with Crippen molar-refractivity contribution in [2.45, 2.75) is 76.7 Å². The second-order valence-corrected chi connectivity index (χ2v) is 11.9. The largest absolute Gasteiger partial charge is 0.381 e. The summed E-state index contributed by atoms with van der Waals surface area (Å²) < 4.78 is 86.3. The van der Waals surface area contributed by atoms with E-state index in [-0.39, 0.29) is 18.8 Å². The van der Waals surface area contributed by atoms with Crippen LogP contribution in [0, 0.1) is 11.6 Å². The number of hydrogen-bond donors (Lipinski definition) is 2. The van der Waals surface area contributed by atoms with Crippen LogP contribution in [0.25, 0.3) is 0 Å². The van der Waals surface area contributed by atoms with Crippen molar-refractivity contribution >= 4 is 21.5 Å². The maximum Gasteiger partial charge on any atom is 0.270 e. The molecule has 0 bridgehead atoms. The standard InChI is InChI=1S/C16H19F2N5O2S.C10H12F2.C4H8O.C2H6.H2/c1-19-11-3-2-6-23(9-11)12-7-13(17)16(14(18)8-12)26(24,25)22-15-4-5-20-10-21-15;1-3-8-5-4-6-9(7-8)10(2,11)12;1-2-4-5-3-1;1-2;/h4-5,7-8,10-11,19H,2-3,6,9H2,1H3,(H,20,21,22);4-7H,3H2,1-2H3;1-4H2;1-2H3;1H. The minimum absolute atomic E-state index is 0. The van der Waals surface area contributed by atoms with E-state index in [1.165, 1.54) is 31.2 Å². The molecule has 2 saturated heterocycles. The van der Waals surface area contributed by atoms with Crippen molar-refractivity contribution in [1.29, 1.82) is 0 Å². The maximum atomic E-state index is 14.5. The first-order valence-corrected chi connectivity index (χ1v) is 16.7. The Morgan fingerprint density at radius 1 is 1.07 bits per heavy atom. The molecule has 2 aliphatic heterocycles. The summed E-state index contributed by atoms with van der Waals surface area (Å²) in [6.07, 6.45) is 7.65. The number of likely N-dealkylation sites (N-methyl/N-ethyl adjacent to an activating group) is 1. The number of ether oxygens (including phenoxy) is 1. The molecule has 45 heavy (non-hydrogen) atoms. The first-order chi connectivity index (χ1) is 21.4. The van der Waals surface area contributed by atoms with Crippen LogP contribution < -0.4 is 14.9 Å². The number of halogens is 4. The van der Waals surface area contributed by atoms with Gasteiger partial charge in [-0.2, -0.15) is 0 Å². The summed E-state index contributed by atoms with van der Waals surface area (Å²) in [5.41, 5.74) is 1.37. The Hall–Kier alpha value is -3.29. The van der Waals surface area contributed by atoms with Crippen LogP contribution in [0.1, 0.15) is 65.9 Å². The second-order valence-electron chi connectivity index (χ2n) is 10.3. The molecule has 1 atom stereocenters. The van der Waals surface area contributed by atoms with E-state index in [0.717, 1.165) is 63.4 Å². The quantitative estimate of drug-likeness (QED) is 0.260. The number of aromatic nitrogens is 2. The fourth-order valence-corrected chi connectivity index (χ4v) is 5.68. The van der Waals surface area contributed by atoms with Crippen molar-refractivity contribution in [2.24, 2.45) is 0 Å². The van der Waals surface area contributed by atoms with E-state index < -0.39 is 32.5 Å². The van der Waals surface area contributed by atoms with E-state index in [1.807, 2.05) is 43.5 Å². The Morgan fingerprint density at radius 3 is 2.24 bits per heavy atom. The van der Waals surface area contributed by atoms with Gasteiger partial charge in [0.15, 0.2) is 4.90 Å². The zero-order valence-corrected chi connectivity index (χ0v) is 27.4. The Balaban J connectivity index is 0.000000436. The summed E-state index contributed by atoms with van der Waals surface area (Å²) in [4.78, 5) is 8.16. The molecule has 0 aliphatic carbocycles. The van der Waals surface area contributed by atoms with Gasteiger partial charge in [-0.15, -0.1) is 0 Å². The van der Waals surface area contributed by atoms with Gasteiger partial charge in [-0.3, -0.25) is 4.72 Å². The molecule has 2 aliphatic rings. The van der Waals surface area contributed by atoms with Gasteiger partial charge < -0.3 is 15.0 Å². The molecule has 0 amide bonds. The molecule has 252 valence electrons. The first kappa shape index (κ1) is 37.9. The lowest BCUT2D eigenvalue weighted by atomic mass is 10.1. The van der Waals surface area contributed by atoms with Crippen LogP contribution in [-0.4, -0.2) is 57.8 Å². The molecular weight excluding hydrogens is 610 g/mol. The zero-order valence-electron chi connectivity index (χ0n) is 26.6.